The lowest BCUT2D eigenvalue weighted by Crippen LogP contribution is -2.46. The van der Waals surface area contributed by atoms with Gasteiger partial charge in [-0.05, 0) is 54.6 Å². The first-order valence-electron chi connectivity index (χ1n) is 7.47. The lowest BCUT2D eigenvalue weighted by molar-refractivity contribution is 0.155. The number of rotatable bonds is 2. The molecule has 1 aromatic carbocycles. The van der Waals surface area contributed by atoms with Crippen molar-refractivity contribution in [2.45, 2.75) is 53.0 Å². The molecule has 0 heterocycles. The maximum Gasteiger partial charge on any atom is 0.152 e. The highest BCUT2D eigenvalue weighted by molar-refractivity contribution is 5.51. The van der Waals surface area contributed by atoms with Crippen LogP contribution in [0.4, 0.5) is 14.5 Å². The second kappa shape index (κ2) is 4.19. The van der Waals surface area contributed by atoms with Crippen molar-refractivity contribution in [2.24, 2.45) is 16.7 Å². The predicted molar refractivity (Wildman–Crippen MR) is 77.7 cm³/mol. The summed E-state index contributed by atoms with van der Waals surface area (Å²) >= 11 is 0. The molecule has 0 aromatic heterocycles. The van der Waals surface area contributed by atoms with Crippen LogP contribution in [0, 0.1) is 35.3 Å². The van der Waals surface area contributed by atoms with E-state index in [2.05, 4.69) is 26.1 Å². The van der Waals surface area contributed by atoms with Crippen LogP contribution in [0.25, 0.3) is 0 Å². The van der Waals surface area contributed by atoms with E-state index in [1.807, 2.05) is 0 Å². The van der Waals surface area contributed by atoms with Crippen molar-refractivity contribution in [3.05, 3.63) is 29.3 Å². The lowest BCUT2D eigenvalue weighted by atomic mass is 9.68. The Bertz CT molecular complexity index is 547. The molecule has 2 bridgehead atoms. The minimum atomic E-state index is -0.490. The molecule has 3 unspecified atom stereocenters. The van der Waals surface area contributed by atoms with E-state index in [1.54, 1.807) is 6.92 Å². The van der Waals surface area contributed by atoms with Crippen LogP contribution >= 0.6 is 0 Å². The number of halogens is 2. The highest BCUT2D eigenvalue weighted by Crippen LogP contribution is 2.63. The van der Waals surface area contributed by atoms with E-state index in [0.717, 1.165) is 12.8 Å². The van der Waals surface area contributed by atoms with Gasteiger partial charge in [-0.3, -0.25) is 0 Å². The van der Waals surface area contributed by atoms with Gasteiger partial charge in [0.25, 0.3) is 0 Å². The van der Waals surface area contributed by atoms with Crippen LogP contribution in [0.15, 0.2) is 12.1 Å². The van der Waals surface area contributed by atoms with E-state index in [9.17, 15) is 8.78 Å². The van der Waals surface area contributed by atoms with Gasteiger partial charge in [0.05, 0.1) is 0 Å². The molecule has 1 aromatic rings. The number of hydrogen-bond acceptors (Lipinski definition) is 1. The van der Waals surface area contributed by atoms with Crippen molar-refractivity contribution in [1.82, 2.24) is 0 Å². The van der Waals surface area contributed by atoms with Crippen LogP contribution in [-0.4, -0.2) is 6.04 Å². The fraction of sp³-hybridized carbons (Fsp3) is 0.647. The Balaban J connectivity index is 1.98. The monoisotopic (exact) mass is 279 g/mol. The molecule has 110 valence electrons. The minimum Gasteiger partial charge on any atom is -0.376 e. The topological polar surface area (TPSA) is 12.0 Å². The SMILES string of the molecule is Cc1ccc(F)c(NC2C3(C)CCC(C3)C2(C)C)c1F. The van der Waals surface area contributed by atoms with Gasteiger partial charge >= 0.3 is 0 Å². The van der Waals surface area contributed by atoms with E-state index >= 15 is 0 Å². The van der Waals surface area contributed by atoms with Crippen molar-refractivity contribution in [3.63, 3.8) is 0 Å². The van der Waals surface area contributed by atoms with E-state index in [-0.39, 0.29) is 22.6 Å². The summed E-state index contributed by atoms with van der Waals surface area (Å²) in [4.78, 5) is 0. The summed E-state index contributed by atoms with van der Waals surface area (Å²) in [5, 5.41) is 3.23. The molecule has 2 fully saturated rings. The highest BCUT2D eigenvalue weighted by Gasteiger charge is 2.59. The summed E-state index contributed by atoms with van der Waals surface area (Å²) in [6.07, 6.45) is 3.54. The number of nitrogens with one attached hydrogen (secondary N) is 1. The Morgan fingerprint density at radius 2 is 1.90 bits per heavy atom. The van der Waals surface area contributed by atoms with Crippen molar-refractivity contribution in [2.75, 3.05) is 5.32 Å². The largest absolute Gasteiger partial charge is 0.376 e. The smallest absolute Gasteiger partial charge is 0.152 e. The van der Waals surface area contributed by atoms with Gasteiger partial charge in [-0.2, -0.15) is 0 Å². The van der Waals surface area contributed by atoms with Gasteiger partial charge in [0.1, 0.15) is 11.5 Å². The Labute approximate surface area is 119 Å². The third kappa shape index (κ3) is 1.78. The first-order chi connectivity index (χ1) is 9.25. The Hall–Kier alpha value is -1.12. The average molecular weight is 279 g/mol. The number of aryl methyl sites for hydroxylation is 1. The van der Waals surface area contributed by atoms with E-state index < -0.39 is 11.6 Å². The van der Waals surface area contributed by atoms with Gasteiger partial charge in [-0.15, -0.1) is 0 Å². The van der Waals surface area contributed by atoms with Gasteiger partial charge in [0.2, 0.25) is 0 Å². The zero-order valence-electron chi connectivity index (χ0n) is 12.7. The van der Waals surface area contributed by atoms with E-state index in [4.69, 9.17) is 0 Å². The Morgan fingerprint density at radius 1 is 1.20 bits per heavy atom. The molecule has 2 aliphatic rings. The third-order valence-electron chi connectivity index (χ3n) is 5.84. The summed E-state index contributed by atoms with van der Waals surface area (Å²) < 4.78 is 28.2. The molecule has 1 nitrogen and oxygen atoms in total. The molecule has 0 amide bonds. The zero-order chi connectivity index (χ0) is 14.7. The molecular formula is C17H23F2N. The second-order valence-electron chi connectivity index (χ2n) is 7.55. The Morgan fingerprint density at radius 3 is 2.50 bits per heavy atom. The summed E-state index contributed by atoms with van der Waals surface area (Å²) in [6, 6.07) is 2.96. The number of fused-ring (bicyclic) bond motifs is 2. The standard InChI is InChI=1S/C17H23F2N/c1-10-5-6-12(18)14(13(10)19)20-15-16(2,3)11-7-8-17(15,4)9-11/h5-6,11,15,20H,7-9H2,1-4H3. The maximum absolute atomic E-state index is 14.2. The van der Waals surface area contributed by atoms with Crippen LogP contribution in [0.1, 0.15) is 45.6 Å². The van der Waals surface area contributed by atoms with Crippen LogP contribution < -0.4 is 5.32 Å². The summed E-state index contributed by atoms with van der Waals surface area (Å²) in [7, 11) is 0. The fourth-order valence-corrected chi connectivity index (χ4v) is 4.60. The molecule has 0 saturated heterocycles. The van der Waals surface area contributed by atoms with Crippen LogP contribution in [0.2, 0.25) is 0 Å². The molecule has 3 rings (SSSR count). The molecular weight excluding hydrogens is 256 g/mol. The summed E-state index contributed by atoms with van der Waals surface area (Å²) in [5.74, 6) is -0.289. The van der Waals surface area contributed by atoms with Crippen molar-refractivity contribution in [3.8, 4) is 0 Å². The summed E-state index contributed by atoms with van der Waals surface area (Å²) in [5.41, 5.74) is 0.767. The van der Waals surface area contributed by atoms with Gasteiger partial charge < -0.3 is 5.32 Å². The first kappa shape index (κ1) is 13.8. The van der Waals surface area contributed by atoms with Crippen molar-refractivity contribution < 1.29 is 8.78 Å². The molecule has 0 aliphatic heterocycles. The molecule has 2 saturated carbocycles. The molecule has 1 N–H and O–H groups in total. The predicted octanol–water partition coefficient (Wildman–Crippen LogP) is 4.90. The number of hydrogen-bond donors (Lipinski definition) is 1. The molecule has 0 radical (unpaired) electrons. The molecule has 2 aliphatic carbocycles. The third-order valence-corrected chi connectivity index (χ3v) is 5.84. The minimum absolute atomic E-state index is 0.0526. The first-order valence-corrected chi connectivity index (χ1v) is 7.47. The number of anilines is 1. The van der Waals surface area contributed by atoms with Gasteiger partial charge in [-0.25, -0.2) is 8.78 Å². The van der Waals surface area contributed by atoms with Crippen LogP contribution in [0.5, 0.6) is 0 Å². The Kier molecular flexibility index (Phi) is 2.90. The highest BCUT2D eigenvalue weighted by atomic mass is 19.1. The van der Waals surface area contributed by atoms with Crippen molar-refractivity contribution in [1.29, 1.82) is 0 Å². The normalized spacial score (nSPS) is 34.5. The van der Waals surface area contributed by atoms with Crippen LogP contribution in [0.3, 0.4) is 0 Å². The average Bonchev–Trinajstić information content (AvgIpc) is 2.84. The van der Waals surface area contributed by atoms with Gasteiger partial charge in [0, 0.05) is 6.04 Å². The molecule has 0 spiro atoms. The molecule has 3 atom stereocenters. The van der Waals surface area contributed by atoms with Crippen LogP contribution in [-0.2, 0) is 0 Å². The lowest BCUT2D eigenvalue weighted by Gasteiger charge is -2.43. The summed E-state index contributed by atoms with van der Waals surface area (Å²) in [6.45, 7) is 8.38. The maximum atomic E-state index is 14.2. The van der Waals surface area contributed by atoms with E-state index in [1.165, 1.54) is 18.6 Å². The fourth-order valence-electron chi connectivity index (χ4n) is 4.60. The van der Waals surface area contributed by atoms with Crippen molar-refractivity contribution >= 4 is 5.69 Å². The quantitative estimate of drug-likeness (QED) is 0.812. The molecule has 3 heteroatoms. The van der Waals surface area contributed by atoms with Gasteiger partial charge in [-0.1, -0.05) is 26.8 Å². The molecule has 20 heavy (non-hydrogen) atoms. The number of benzene rings is 1. The zero-order valence-corrected chi connectivity index (χ0v) is 12.7. The second-order valence-corrected chi connectivity index (χ2v) is 7.55. The van der Waals surface area contributed by atoms with E-state index in [0.29, 0.717) is 11.5 Å². The van der Waals surface area contributed by atoms with Gasteiger partial charge in [0.15, 0.2) is 5.82 Å².